The molecule has 0 spiro atoms. The Bertz CT molecular complexity index is 653. The Hall–Kier alpha value is -2.82. The molecule has 0 aliphatic rings. The fraction of sp³-hybridized carbons (Fsp3) is 0.125. The number of hydrogen-bond acceptors (Lipinski definition) is 4. The fourth-order valence-corrected chi connectivity index (χ4v) is 1.81. The smallest absolute Gasteiger partial charge is 0.358 e. The molecule has 1 N–H and O–H groups in total. The molecule has 0 bridgehead atoms. The number of aromatic carboxylic acids is 1. The van der Waals surface area contributed by atoms with Crippen molar-refractivity contribution in [1.82, 2.24) is 4.98 Å². The molecule has 0 amide bonds. The van der Waals surface area contributed by atoms with Gasteiger partial charge in [0.05, 0.1) is 7.11 Å². The van der Waals surface area contributed by atoms with Crippen LogP contribution in [0.25, 0.3) is 6.08 Å². The Kier molecular flexibility index (Phi) is 4.56. The van der Waals surface area contributed by atoms with Gasteiger partial charge in [0.2, 0.25) is 5.88 Å². The van der Waals surface area contributed by atoms with Crippen LogP contribution in [0.2, 0.25) is 0 Å². The average molecular weight is 285 g/mol. The van der Waals surface area contributed by atoms with Crippen LogP contribution in [0, 0.1) is 0 Å². The van der Waals surface area contributed by atoms with Gasteiger partial charge in [-0.15, -0.1) is 0 Å². The van der Waals surface area contributed by atoms with Crippen molar-refractivity contribution < 1.29 is 19.4 Å². The zero-order chi connectivity index (χ0) is 15.2. The van der Waals surface area contributed by atoms with E-state index < -0.39 is 5.97 Å². The zero-order valence-electron chi connectivity index (χ0n) is 11.6. The van der Waals surface area contributed by atoms with E-state index in [1.165, 1.54) is 13.2 Å². The highest BCUT2D eigenvalue weighted by atomic mass is 16.5. The quantitative estimate of drug-likeness (QED) is 0.883. The minimum Gasteiger partial charge on any atom is -0.486 e. The van der Waals surface area contributed by atoms with Gasteiger partial charge in [0.1, 0.15) is 6.61 Å². The summed E-state index contributed by atoms with van der Waals surface area (Å²) in [5.41, 5.74) is 1.26. The number of pyridine rings is 1. The third-order valence-electron chi connectivity index (χ3n) is 2.84. The molecule has 108 valence electrons. The maximum Gasteiger partial charge on any atom is 0.358 e. The summed E-state index contributed by atoms with van der Waals surface area (Å²) < 4.78 is 10.6. The predicted octanol–water partition coefficient (Wildman–Crippen LogP) is 3.01. The van der Waals surface area contributed by atoms with Crippen molar-refractivity contribution in [3.63, 3.8) is 0 Å². The summed E-state index contributed by atoms with van der Waals surface area (Å²) in [4.78, 5) is 15.3. The van der Waals surface area contributed by atoms with Gasteiger partial charge in [0.25, 0.3) is 0 Å². The molecular weight excluding hydrogens is 270 g/mol. The van der Waals surface area contributed by atoms with E-state index in [9.17, 15) is 9.90 Å². The van der Waals surface area contributed by atoms with E-state index >= 15 is 0 Å². The summed E-state index contributed by atoms with van der Waals surface area (Å²) in [6.45, 7) is 3.91. The molecule has 21 heavy (non-hydrogen) atoms. The number of carbonyl (C=O) groups is 1. The first-order valence-corrected chi connectivity index (χ1v) is 6.27. The lowest BCUT2D eigenvalue weighted by Crippen LogP contribution is -2.08. The topological polar surface area (TPSA) is 68.7 Å². The summed E-state index contributed by atoms with van der Waals surface area (Å²) in [5.74, 6) is -0.795. The minimum atomic E-state index is -1.18. The molecule has 0 unspecified atom stereocenters. The maximum atomic E-state index is 11.3. The van der Waals surface area contributed by atoms with Crippen molar-refractivity contribution in [3.8, 4) is 11.6 Å². The summed E-state index contributed by atoms with van der Waals surface area (Å²) in [5, 5.41) is 9.27. The average Bonchev–Trinajstić information content (AvgIpc) is 2.52. The van der Waals surface area contributed by atoms with Crippen molar-refractivity contribution in [2.24, 2.45) is 0 Å². The Labute approximate surface area is 122 Å². The van der Waals surface area contributed by atoms with E-state index in [2.05, 4.69) is 11.6 Å². The highest BCUT2D eigenvalue weighted by molar-refractivity contribution is 5.90. The van der Waals surface area contributed by atoms with E-state index in [-0.39, 0.29) is 23.9 Å². The number of ether oxygens (including phenoxy) is 2. The summed E-state index contributed by atoms with van der Waals surface area (Å²) >= 11 is 0. The van der Waals surface area contributed by atoms with Crippen molar-refractivity contribution in [2.45, 2.75) is 6.61 Å². The number of nitrogens with zero attached hydrogens (tertiary/aromatic N) is 1. The molecule has 5 nitrogen and oxygen atoms in total. The fourth-order valence-electron chi connectivity index (χ4n) is 1.81. The molecular formula is C16H15NO4. The number of benzene rings is 1. The second kappa shape index (κ2) is 6.56. The van der Waals surface area contributed by atoms with Crippen LogP contribution in [0.4, 0.5) is 0 Å². The predicted molar refractivity (Wildman–Crippen MR) is 78.6 cm³/mol. The molecule has 0 fully saturated rings. The van der Waals surface area contributed by atoms with Gasteiger partial charge in [-0.3, -0.25) is 0 Å². The summed E-state index contributed by atoms with van der Waals surface area (Å²) in [6.07, 6.45) is 1.51. The Morgan fingerprint density at radius 2 is 2.10 bits per heavy atom. The van der Waals surface area contributed by atoms with E-state index in [0.29, 0.717) is 5.56 Å². The van der Waals surface area contributed by atoms with Crippen LogP contribution in [-0.4, -0.2) is 23.2 Å². The molecule has 2 rings (SSSR count). The lowest BCUT2D eigenvalue weighted by molar-refractivity contribution is 0.0683. The SMILES string of the molecule is C=Cc1cc(OC)nc(C(=O)O)c1OCc1ccccc1. The van der Waals surface area contributed by atoms with Crippen LogP contribution in [0.1, 0.15) is 21.6 Å². The van der Waals surface area contributed by atoms with Gasteiger partial charge in [-0.05, 0) is 5.56 Å². The van der Waals surface area contributed by atoms with Gasteiger partial charge in [-0.25, -0.2) is 9.78 Å². The van der Waals surface area contributed by atoms with Crippen LogP contribution in [-0.2, 0) is 6.61 Å². The molecule has 0 saturated carbocycles. The minimum absolute atomic E-state index is 0.183. The highest BCUT2D eigenvalue weighted by Crippen LogP contribution is 2.28. The first kappa shape index (κ1) is 14.6. The number of hydrogen-bond donors (Lipinski definition) is 1. The second-order valence-corrected chi connectivity index (χ2v) is 4.22. The molecule has 0 atom stereocenters. The molecule has 1 heterocycles. The van der Waals surface area contributed by atoms with Gasteiger partial charge in [0.15, 0.2) is 11.4 Å². The molecule has 2 aromatic rings. The second-order valence-electron chi connectivity index (χ2n) is 4.22. The Morgan fingerprint density at radius 3 is 2.67 bits per heavy atom. The van der Waals surface area contributed by atoms with Crippen LogP contribution >= 0.6 is 0 Å². The number of carboxylic acid groups (broad SMARTS) is 1. The van der Waals surface area contributed by atoms with Crippen molar-refractivity contribution in [3.05, 3.63) is 59.8 Å². The Balaban J connectivity index is 2.36. The lowest BCUT2D eigenvalue weighted by atomic mass is 10.2. The molecule has 1 aromatic heterocycles. The number of methoxy groups -OCH3 is 1. The van der Waals surface area contributed by atoms with Gasteiger partial charge >= 0.3 is 5.97 Å². The first-order chi connectivity index (χ1) is 10.2. The number of aromatic nitrogens is 1. The third kappa shape index (κ3) is 3.39. The first-order valence-electron chi connectivity index (χ1n) is 6.27. The van der Waals surface area contributed by atoms with Crippen molar-refractivity contribution in [2.75, 3.05) is 7.11 Å². The van der Waals surface area contributed by atoms with E-state index in [4.69, 9.17) is 9.47 Å². The van der Waals surface area contributed by atoms with Crippen molar-refractivity contribution >= 4 is 12.0 Å². The molecule has 5 heteroatoms. The van der Waals surface area contributed by atoms with E-state index in [1.807, 2.05) is 30.3 Å². The van der Waals surface area contributed by atoms with Crippen LogP contribution in [0.15, 0.2) is 43.0 Å². The normalized spacial score (nSPS) is 9.95. The van der Waals surface area contributed by atoms with Gasteiger partial charge < -0.3 is 14.6 Å². The van der Waals surface area contributed by atoms with Crippen LogP contribution < -0.4 is 9.47 Å². The van der Waals surface area contributed by atoms with E-state index in [0.717, 1.165) is 5.56 Å². The lowest BCUT2D eigenvalue weighted by Gasteiger charge is -2.13. The van der Waals surface area contributed by atoms with Crippen molar-refractivity contribution in [1.29, 1.82) is 0 Å². The molecule has 0 radical (unpaired) electrons. The Morgan fingerprint density at radius 1 is 1.38 bits per heavy atom. The van der Waals surface area contributed by atoms with Crippen LogP contribution in [0.3, 0.4) is 0 Å². The molecule has 0 saturated heterocycles. The number of rotatable bonds is 6. The van der Waals surface area contributed by atoms with Gasteiger partial charge in [0, 0.05) is 11.6 Å². The van der Waals surface area contributed by atoms with Gasteiger partial charge in [-0.1, -0.05) is 43.0 Å². The number of carboxylic acids is 1. The third-order valence-corrected chi connectivity index (χ3v) is 2.84. The largest absolute Gasteiger partial charge is 0.486 e. The summed E-state index contributed by atoms with van der Waals surface area (Å²) in [6, 6.07) is 11.0. The van der Waals surface area contributed by atoms with E-state index in [1.54, 1.807) is 6.07 Å². The monoisotopic (exact) mass is 285 g/mol. The molecule has 0 aliphatic heterocycles. The molecule has 1 aromatic carbocycles. The summed E-state index contributed by atoms with van der Waals surface area (Å²) in [7, 11) is 1.42. The zero-order valence-corrected chi connectivity index (χ0v) is 11.6. The standard InChI is InChI=1S/C16H15NO4/c1-3-12-9-13(20-2)17-14(16(18)19)15(12)21-10-11-7-5-4-6-8-11/h3-9H,1,10H2,2H3,(H,18,19). The van der Waals surface area contributed by atoms with Crippen LogP contribution in [0.5, 0.6) is 11.6 Å². The molecule has 0 aliphatic carbocycles. The highest BCUT2D eigenvalue weighted by Gasteiger charge is 2.19. The van der Waals surface area contributed by atoms with Gasteiger partial charge in [-0.2, -0.15) is 0 Å². The maximum absolute atomic E-state index is 11.3.